The summed E-state index contributed by atoms with van der Waals surface area (Å²) in [7, 11) is 0. The van der Waals surface area contributed by atoms with Crippen molar-refractivity contribution in [1.29, 1.82) is 0 Å². The third-order valence-electron chi connectivity index (χ3n) is 3.62. The second kappa shape index (κ2) is 4.52. The fourth-order valence-electron chi connectivity index (χ4n) is 2.61. The number of amides is 1. The number of hydrogen-bond acceptors (Lipinski definition) is 3. The molecule has 1 atom stereocenters. The highest BCUT2D eigenvalue weighted by Gasteiger charge is 2.31. The highest BCUT2D eigenvalue weighted by atomic mass is 16.1. The van der Waals surface area contributed by atoms with Crippen LogP contribution in [0, 0.1) is 5.41 Å². The minimum Gasteiger partial charge on any atom is -0.399 e. The van der Waals surface area contributed by atoms with E-state index < -0.39 is 0 Å². The van der Waals surface area contributed by atoms with Crippen LogP contribution in [0.4, 0.5) is 11.4 Å². The molecule has 1 saturated carbocycles. The fourth-order valence-corrected chi connectivity index (χ4v) is 2.61. The van der Waals surface area contributed by atoms with Gasteiger partial charge in [-0.05, 0) is 42.9 Å². The standard InChI is InChI=1S/C14H21N3O/c1-14(2)6-5-10(8-14)17-13(18)11-4-3-9(15)7-12(11)16/h3-4,7,10H,5-6,8,15-16H2,1-2H3,(H,17,18). The monoisotopic (exact) mass is 247 g/mol. The van der Waals surface area contributed by atoms with E-state index >= 15 is 0 Å². The number of benzene rings is 1. The normalized spacial score (nSPS) is 21.8. The Kier molecular flexibility index (Phi) is 3.20. The second-order valence-corrected chi connectivity index (χ2v) is 5.92. The maximum atomic E-state index is 12.1. The van der Waals surface area contributed by atoms with Gasteiger partial charge >= 0.3 is 0 Å². The Balaban J connectivity index is 2.04. The first-order chi connectivity index (χ1) is 8.37. The van der Waals surface area contributed by atoms with Gasteiger partial charge in [-0.25, -0.2) is 0 Å². The van der Waals surface area contributed by atoms with Gasteiger partial charge in [0, 0.05) is 17.4 Å². The minimum atomic E-state index is -0.102. The van der Waals surface area contributed by atoms with Gasteiger partial charge in [-0.1, -0.05) is 13.8 Å². The van der Waals surface area contributed by atoms with Crippen molar-refractivity contribution in [2.24, 2.45) is 5.41 Å². The molecule has 18 heavy (non-hydrogen) atoms. The van der Waals surface area contributed by atoms with Gasteiger partial charge in [-0.2, -0.15) is 0 Å². The summed E-state index contributed by atoms with van der Waals surface area (Å²) in [5.74, 6) is -0.102. The molecule has 0 heterocycles. The van der Waals surface area contributed by atoms with Gasteiger partial charge in [0.25, 0.3) is 5.91 Å². The lowest BCUT2D eigenvalue weighted by Crippen LogP contribution is -2.33. The van der Waals surface area contributed by atoms with E-state index in [4.69, 9.17) is 11.5 Å². The molecule has 1 aromatic carbocycles. The molecular weight excluding hydrogens is 226 g/mol. The Hall–Kier alpha value is -1.71. The lowest BCUT2D eigenvalue weighted by molar-refractivity contribution is 0.0937. The van der Waals surface area contributed by atoms with E-state index in [-0.39, 0.29) is 11.9 Å². The zero-order valence-electron chi connectivity index (χ0n) is 11.0. The van der Waals surface area contributed by atoms with Crippen molar-refractivity contribution in [1.82, 2.24) is 5.32 Å². The maximum Gasteiger partial charge on any atom is 0.253 e. The lowest BCUT2D eigenvalue weighted by Gasteiger charge is -2.18. The molecule has 0 aromatic heterocycles. The molecule has 0 saturated heterocycles. The number of rotatable bonds is 2. The summed E-state index contributed by atoms with van der Waals surface area (Å²) < 4.78 is 0. The van der Waals surface area contributed by atoms with Crippen LogP contribution in [0.15, 0.2) is 18.2 Å². The number of carbonyl (C=O) groups is 1. The van der Waals surface area contributed by atoms with Crippen molar-refractivity contribution in [2.75, 3.05) is 11.5 Å². The largest absolute Gasteiger partial charge is 0.399 e. The van der Waals surface area contributed by atoms with Crippen molar-refractivity contribution >= 4 is 17.3 Å². The number of nitrogens with two attached hydrogens (primary N) is 2. The minimum absolute atomic E-state index is 0.102. The molecule has 2 rings (SSSR count). The van der Waals surface area contributed by atoms with Crippen molar-refractivity contribution < 1.29 is 4.79 Å². The first kappa shape index (κ1) is 12.7. The molecule has 1 aliphatic carbocycles. The predicted octanol–water partition coefficient (Wildman–Crippen LogP) is 2.16. The van der Waals surface area contributed by atoms with E-state index in [1.807, 2.05) is 0 Å². The molecule has 1 aromatic rings. The van der Waals surface area contributed by atoms with Crippen LogP contribution in [0.1, 0.15) is 43.5 Å². The van der Waals surface area contributed by atoms with Gasteiger partial charge in [-0.15, -0.1) is 0 Å². The van der Waals surface area contributed by atoms with E-state index in [9.17, 15) is 4.79 Å². The first-order valence-corrected chi connectivity index (χ1v) is 6.33. The highest BCUT2D eigenvalue weighted by molar-refractivity contribution is 5.99. The van der Waals surface area contributed by atoms with Crippen LogP contribution in [0.2, 0.25) is 0 Å². The molecule has 0 radical (unpaired) electrons. The zero-order chi connectivity index (χ0) is 13.3. The summed E-state index contributed by atoms with van der Waals surface area (Å²) >= 11 is 0. The number of nitrogen functional groups attached to an aromatic ring is 2. The Labute approximate surface area is 108 Å². The van der Waals surface area contributed by atoms with Gasteiger partial charge in [0.2, 0.25) is 0 Å². The Morgan fingerprint density at radius 1 is 1.39 bits per heavy atom. The predicted molar refractivity (Wildman–Crippen MR) is 74.2 cm³/mol. The molecule has 5 N–H and O–H groups in total. The highest BCUT2D eigenvalue weighted by Crippen LogP contribution is 2.37. The van der Waals surface area contributed by atoms with Crippen LogP contribution < -0.4 is 16.8 Å². The molecule has 4 nitrogen and oxygen atoms in total. The van der Waals surface area contributed by atoms with E-state index in [1.54, 1.807) is 18.2 Å². The zero-order valence-corrected chi connectivity index (χ0v) is 11.0. The van der Waals surface area contributed by atoms with E-state index in [1.165, 1.54) is 0 Å². The number of anilines is 2. The van der Waals surface area contributed by atoms with Gasteiger partial charge in [0.15, 0.2) is 0 Å². The molecule has 1 fully saturated rings. The number of hydrogen-bond donors (Lipinski definition) is 3. The summed E-state index contributed by atoms with van der Waals surface area (Å²) in [4.78, 5) is 12.1. The lowest BCUT2D eigenvalue weighted by atomic mass is 9.92. The summed E-state index contributed by atoms with van der Waals surface area (Å²) in [5.41, 5.74) is 13.3. The Morgan fingerprint density at radius 2 is 2.11 bits per heavy atom. The number of nitrogens with one attached hydrogen (secondary N) is 1. The number of carbonyl (C=O) groups excluding carboxylic acids is 1. The molecule has 98 valence electrons. The van der Waals surface area contributed by atoms with Crippen LogP contribution in [-0.4, -0.2) is 11.9 Å². The van der Waals surface area contributed by atoms with Gasteiger partial charge in [0.05, 0.1) is 5.56 Å². The molecule has 1 aliphatic rings. The smallest absolute Gasteiger partial charge is 0.253 e. The first-order valence-electron chi connectivity index (χ1n) is 6.33. The van der Waals surface area contributed by atoms with Gasteiger partial charge < -0.3 is 16.8 Å². The van der Waals surface area contributed by atoms with E-state index in [0.29, 0.717) is 22.4 Å². The van der Waals surface area contributed by atoms with Crippen molar-refractivity contribution in [2.45, 2.75) is 39.2 Å². The summed E-state index contributed by atoms with van der Waals surface area (Å²) in [5, 5.41) is 3.05. The fraction of sp³-hybridized carbons (Fsp3) is 0.500. The van der Waals surface area contributed by atoms with E-state index in [0.717, 1.165) is 19.3 Å². The van der Waals surface area contributed by atoms with Crippen molar-refractivity contribution in [3.05, 3.63) is 23.8 Å². The molecule has 1 amide bonds. The van der Waals surface area contributed by atoms with Crippen LogP contribution in [0.25, 0.3) is 0 Å². The molecule has 1 unspecified atom stereocenters. The van der Waals surface area contributed by atoms with Crippen LogP contribution >= 0.6 is 0 Å². The molecule has 0 bridgehead atoms. The topological polar surface area (TPSA) is 81.1 Å². The third kappa shape index (κ3) is 2.75. The summed E-state index contributed by atoms with van der Waals surface area (Å²) in [6.07, 6.45) is 3.20. The molecule has 4 heteroatoms. The second-order valence-electron chi connectivity index (χ2n) is 5.92. The summed E-state index contributed by atoms with van der Waals surface area (Å²) in [6, 6.07) is 5.25. The van der Waals surface area contributed by atoms with Gasteiger partial charge in [-0.3, -0.25) is 4.79 Å². The molecule has 0 aliphatic heterocycles. The van der Waals surface area contributed by atoms with Crippen LogP contribution in [0.5, 0.6) is 0 Å². The van der Waals surface area contributed by atoms with Crippen LogP contribution in [-0.2, 0) is 0 Å². The maximum absolute atomic E-state index is 12.1. The SMILES string of the molecule is CC1(C)CCC(NC(=O)c2ccc(N)cc2N)C1. The Morgan fingerprint density at radius 3 is 2.67 bits per heavy atom. The summed E-state index contributed by atoms with van der Waals surface area (Å²) in [6.45, 7) is 4.47. The van der Waals surface area contributed by atoms with Crippen molar-refractivity contribution in [3.63, 3.8) is 0 Å². The van der Waals surface area contributed by atoms with E-state index in [2.05, 4.69) is 19.2 Å². The molecule has 0 spiro atoms. The van der Waals surface area contributed by atoms with Crippen LogP contribution in [0.3, 0.4) is 0 Å². The quantitative estimate of drug-likeness (QED) is 0.700. The average molecular weight is 247 g/mol. The van der Waals surface area contributed by atoms with Gasteiger partial charge in [0.1, 0.15) is 0 Å². The molecular formula is C14H21N3O. The van der Waals surface area contributed by atoms with Crippen molar-refractivity contribution in [3.8, 4) is 0 Å². The average Bonchev–Trinajstić information content (AvgIpc) is 2.57. The Bertz CT molecular complexity index is 468. The third-order valence-corrected chi connectivity index (χ3v) is 3.62.